The molecule has 106 valence electrons. The first-order valence-electron chi connectivity index (χ1n) is 6.22. The van der Waals surface area contributed by atoms with Crippen molar-refractivity contribution in [3.8, 4) is 11.1 Å². The Labute approximate surface area is 116 Å². The summed E-state index contributed by atoms with van der Waals surface area (Å²) in [7, 11) is -1.85. The zero-order valence-corrected chi connectivity index (χ0v) is 11.7. The van der Waals surface area contributed by atoms with Gasteiger partial charge < -0.3 is 5.73 Å². The first kappa shape index (κ1) is 13.1. The van der Waals surface area contributed by atoms with Crippen molar-refractivity contribution in [2.75, 3.05) is 5.73 Å². The normalized spacial score (nSPS) is 15.5. The van der Waals surface area contributed by atoms with Crippen molar-refractivity contribution in [2.45, 2.75) is 23.0 Å². The molecule has 1 aliphatic rings. The lowest BCUT2D eigenvalue weighted by Crippen LogP contribution is -2.09. The summed E-state index contributed by atoms with van der Waals surface area (Å²) < 4.78 is 39.7. The smallest absolute Gasteiger partial charge is 0.184 e. The Kier molecular flexibility index (Phi) is 2.82. The Morgan fingerprint density at radius 2 is 2.10 bits per heavy atom. The van der Waals surface area contributed by atoms with Crippen molar-refractivity contribution >= 4 is 15.7 Å². The third-order valence-corrected chi connectivity index (χ3v) is 5.79. The number of hydrogen-bond donors (Lipinski definition) is 1. The number of hydrogen-bond acceptors (Lipinski definition) is 4. The van der Waals surface area contributed by atoms with Gasteiger partial charge in [0.15, 0.2) is 9.84 Å². The molecule has 3 rings (SSSR count). The minimum atomic E-state index is -3.53. The van der Waals surface area contributed by atoms with Crippen molar-refractivity contribution in [2.24, 2.45) is 7.05 Å². The van der Waals surface area contributed by atoms with Gasteiger partial charge in [0.2, 0.25) is 0 Å². The van der Waals surface area contributed by atoms with Crippen LogP contribution in [0.2, 0.25) is 0 Å². The topological polar surface area (TPSA) is 78.0 Å². The van der Waals surface area contributed by atoms with E-state index in [2.05, 4.69) is 5.10 Å². The van der Waals surface area contributed by atoms with Crippen molar-refractivity contribution in [3.05, 3.63) is 30.2 Å². The molecule has 0 atom stereocenters. The average molecular weight is 295 g/mol. The third kappa shape index (κ3) is 1.98. The summed E-state index contributed by atoms with van der Waals surface area (Å²) in [6.07, 6.45) is 2.75. The van der Waals surface area contributed by atoms with E-state index in [1.54, 1.807) is 13.1 Å². The van der Waals surface area contributed by atoms with Gasteiger partial charge in [-0.25, -0.2) is 12.8 Å². The lowest BCUT2D eigenvalue weighted by Gasteiger charge is -2.06. The molecule has 5 nitrogen and oxygen atoms in total. The molecular weight excluding hydrogens is 281 g/mol. The summed E-state index contributed by atoms with van der Waals surface area (Å²) in [4.78, 5) is -0.230. The molecule has 1 fully saturated rings. The van der Waals surface area contributed by atoms with Crippen molar-refractivity contribution in [3.63, 3.8) is 0 Å². The first-order valence-corrected chi connectivity index (χ1v) is 7.77. The Bertz CT molecular complexity index is 779. The standard InChI is InChI=1S/C13H14FN3O2S/c1-17-13(15)10(7-16-17)8-2-5-12(11(14)6-8)20(18,19)9-3-4-9/h2,5-7,9H,3-4,15H2,1H3. The van der Waals surface area contributed by atoms with Gasteiger partial charge in [0.25, 0.3) is 0 Å². The van der Waals surface area contributed by atoms with E-state index >= 15 is 0 Å². The minimum Gasteiger partial charge on any atom is -0.383 e. The monoisotopic (exact) mass is 295 g/mol. The molecule has 0 saturated heterocycles. The van der Waals surface area contributed by atoms with Gasteiger partial charge in [0, 0.05) is 12.6 Å². The number of rotatable bonds is 3. The lowest BCUT2D eigenvalue weighted by molar-refractivity contribution is 0.566. The predicted octanol–water partition coefficient (Wildman–Crippen LogP) is 1.74. The molecule has 7 heteroatoms. The summed E-state index contributed by atoms with van der Waals surface area (Å²) in [6, 6.07) is 4.07. The number of sulfone groups is 1. The Balaban J connectivity index is 2.06. The van der Waals surface area contributed by atoms with Gasteiger partial charge >= 0.3 is 0 Å². The molecule has 0 unspecified atom stereocenters. The van der Waals surface area contributed by atoms with Crippen LogP contribution in [0.5, 0.6) is 0 Å². The summed E-state index contributed by atoms with van der Waals surface area (Å²) in [5, 5.41) is 3.56. The van der Waals surface area contributed by atoms with Crippen LogP contribution in [0.4, 0.5) is 10.2 Å². The SMILES string of the molecule is Cn1ncc(-c2ccc(S(=O)(=O)C3CC3)c(F)c2)c1N. The van der Waals surface area contributed by atoms with Gasteiger partial charge in [0.1, 0.15) is 16.5 Å². The fraction of sp³-hybridized carbons (Fsp3) is 0.308. The summed E-state index contributed by atoms with van der Waals surface area (Å²) in [5.74, 6) is -0.333. The molecule has 1 aromatic carbocycles. The second kappa shape index (κ2) is 4.31. The van der Waals surface area contributed by atoms with Crippen molar-refractivity contribution in [1.29, 1.82) is 0 Å². The van der Waals surface area contributed by atoms with Gasteiger partial charge in [0.05, 0.1) is 11.4 Å². The van der Waals surface area contributed by atoms with Crippen LogP contribution < -0.4 is 5.73 Å². The maximum absolute atomic E-state index is 14.1. The maximum atomic E-state index is 14.1. The largest absolute Gasteiger partial charge is 0.383 e. The average Bonchev–Trinajstić information content (AvgIpc) is 3.18. The van der Waals surface area contributed by atoms with Crippen LogP contribution in [0, 0.1) is 5.82 Å². The second-order valence-electron chi connectivity index (χ2n) is 4.96. The lowest BCUT2D eigenvalue weighted by atomic mass is 10.1. The molecule has 2 N–H and O–H groups in total. The molecule has 0 radical (unpaired) electrons. The Morgan fingerprint density at radius 3 is 2.60 bits per heavy atom. The molecule has 20 heavy (non-hydrogen) atoms. The first-order chi connectivity index (χ1) is 9.41. The fourth-order valence-corrected chi connectivity index (χ4v) is 3.83. The molecule has 1 aliphatic carbocycles. The molecule has 1 saturated carbocycles. The second-order valence-corrected chi connectivity index (χ2v) is 7.15. The van der Waals surface area contributed by atoms with E-state index in [9.17, 15) is 12.8 Å². The molecule has 0 amide bonds. The highest BCUT2D eigenvalue weighted by Gasteiger charge is 2.38. The van der Waals surface area contributed by atoms with E-state index in [4.69, 9.17) is 5.73 Å². The molecule has 1 aromatic heterocycles. The summed E-state index contributed by atoms with van der Waals surface area (Å²) in [5.41, 5.74) is 6.93. The number of aromatic nitrogens is 2. The molecule has 0 bridgehead atoms. The third-order valence-electron chi connectivity index (χ3n) is 3.50. The summed E-state index contributed by atoms with van der Waals surface area (Å²) >= 11 is 0. The van der Waals surface area contributed by atoms with Crippen LogP contribution >= 0.6 is 0 Å². The van der Waals surface area contributed by atoms with E-state index in [0.29, 0.717) is 29.8 Å². The summed E-state index contributed by atoms with van der Waals surface area (Å²) in [6.45, 7) is 0. The quantitative estimate of drug-likeness (QED) is 0.935. The molecular formula is C13H14FN3O2S. The molecule has 2 aromatic rings. The van der Waals surface area contributed by atoms with Crippen LogP contribution in [0.1, 0.15) is 12.8 Å². The van der Waals surface area contributed by atoms with E-state index in [1.165, 1.54) is 23.0 Å². The van der Waals surface area contributed by atoms with Gasteiger partial charge in [-0.05, 0) is 30.5 Å². The number of benzene rings is 1. The minimum absolute atomic E-state index is 0.230. The molecule has 1 heterocycles. The van der Waals surface area contributed by atoms with E-state index in [1.807, 2.05) is 0 Å². The van der Waals surface area contributed by atoms with Gasteiger partial charge in [-0.3, -0.25) is 4.68 Å². The van der Waals surface area contributed by atoms with Gasteiger partial charge in [-0.2, -0.15) is 5.10 Å². The number of aryl methyl sites for hydroxylation is 1. The zero-order valence-electron chi connectivity index (χ0n) is 10.9. The van der Waals surface area contributed by atoms with E-state index < -0.39 is 20.9 Å². The van der Waals surface area contributed by atoms with Gasteiger partial charge in [-0.1, -0.05) is 6.07 Å². The predicted molar refractivity (Wildman–Crippen MR) is 73.2 cm³/mol. The highest BCUT2D eigenvalue weighted by Crippen LogP contribution is 2.36. The molecule has 0 aliphatic heterocycles. The highest BCUT2D eigenvalue weighted by molar-refractivity contribution is 7.92. The highest BCUT2D eigenvalue weighted by atomic mass is 32.2. The Morgan fingerprint density at radius 1 is 1.40 bits per heavy atom. The number of nitrogens with two attached hydrogens (primary N) is 1. The van der Waals surface area contributed by atoms with Crippen LogP contribution in [0.3, 0.4) is 0 Å². The number of nitrogens with zero attached hydrogens (tertiary/aromatic N) is 2. The Hall–Kier alpha value is -1.89. The zero-order chi connectivity index (χ0) is 14.5. The van der Waals surface area contributed by atoms with Crippen molar-refractivity contribution in [1.82, 2.24) is 9.78 Å². The maximum Gasteiger partial charge on any atom is 0.184 e. The number of anilines is 1. The van der Waals surface area contributed by atoms with Crippen LogP contribution in [-0.4, -0.2) is 23.4 Å². The van der Waals surface area contributed by atoms with E-state index in [-0.39, 0.29) is 4.90 Å². The van der Waals surface area contributed by atoms with Crippen LogP contribution in [0.15, 0.2) is 29.3 Å². The number of halogens is 1. The molecule has 0 spiro atoms. The van der Waals surface area contributed by atoms with E-state index in [0.717, 1.165) is 0 Å². The van der Waals surface area contributed by atoms with Crippen LogP contribution in [0.25, 0.3) is 11.1 Å². The number of nitrogen functional groups attached to an aromatic ring is 1. The van der Waals surface area contributed by atoms with Crippen molar-refractivity contribution < 1.29 is 12.8 Å². The van der Waals surface area contributed by atoms with Crippen LogP contribution in [-0.2, 0) is 16.9 Å². The fourth-order valence-electron chi connectivity index (χ4n) is 2.13. The van der Waals surface area contributed by atoms with Gasteiger partial charge in [-0.15, -0.1) is 0 Å².